The molecule has 2 heteroatoms. The Bertz CT molecular complexity index is 422. The van der Waals surface area contributed by atoms with Crippen LogP contribution in [0.1, 0.15) is 25.8 Å². The monoisotopic (exact) mass is 215 g/mol. The zero-order valence-electron chi connectivity index (χ0n) is 9.79. The molecule has 2 rings (SSSR count). The highest BCUT2D eigenvalue weighted by Gasteiger charge is 2.34. The van der Waals surface area contributed by atoms with Gasteiger partial charge in [0.1, 0.15) is 0 Å². The zero-order valence-corrected chi connectivity index (χ0v) is 9.79. The van der Waals surface area contributed by atoms with Gasteiger partial charge >= 0.3 is 0 Å². The molecule has 0 saturated heterocycles. The summed E-state index contributed by atoms with van der Waals surface area (Å²) in [5.41, 5.74) is 1.88. The molecular weight excluding hydrogens is 198 g/mol. The molecule has 1 aliphatic rings. The average Bonchev–Trinajstić information content (AvgIpc) is 2.26. The van der Waals surface area contributed by atoms with Gasteiger partial charge in [0.2, 0.25) is 5.91 Å². The first-order valence-corrected chi connectivity index (χ1v) is 5.62. The molecule has 1 N–H and O–H groups in total. The van der Waals surface area contributed by atoms with E-state index in [1.807, 2.05) is 32.0 Å². The molecule has 1 atom stereocenters. The molecule has 1 amide bonds. The lowest BCUT2D eigenvalue weighted by Crippen LogP contribution is -2.42. The number of benzene rings is 1. The normalized spacial score (nSPS) is 24.9. The lowest BCUT2D eigenvalue weighted by molar-refractivity contribution is -0.129. The van der Waals surface area contributed by atoms with Crippen LogP contribution in [0.3, 0.4) is 0 Å². The minimum Gasteiger partial charge on any atom is -0.330 e. The summed E-state index contributed by atoms with van der Waals surface area (Å²) in [6.07, 6.45) is 3.72. The molecule has 0 aliphatic carbocycles. The van der Waals surface area contributed by atoms with E-state index in [9.17, 15) is 4.79 Å². The summed E-state index contributed by atoms with van der Waals surface area (Å²) in [5, 5.41) is 2.91. The lowest BCUT2D eigenvalue weighted by Gasteiger charge is -2.31. The Morgan fingerprint density at radius 3 is 2.62 bits per heavy atom. The minimum absolute atomic E-state index is 0.136. The number of amides is 1. The number of hydrogen-bond acceptors (Lipinski definition) is 1. The first-order chi connectivity index (χ1) is 7.60. The molecule has 1 aromatic rings. The molecule has 1 aromatic carbocycles. The highest BCUT2D eigenvalue weighted by Crippen LogP contribution is 2.30. The third-order valence-electron chi connectivity index (χ3n) is 3.15. The maximum Gasteiger partial charge on any atom is 0.230 e. The molecule has 1 heterocycles. The third kappa shape index (κ3) is 2.16. The van der Waals surface area contributed by atoms with Crippen molar-refractivity contribution in [1.82, 2.24) is 5.32 Å². The number of carbonyl (C=O) groups is 1. The van der Waals surface area contributed by atoms with Crippen LogP contribution < -0.4 is 5.32 Å². The van der Waals surface area contributed by atoms with Gasteiger partial charge in [0.05, 0.1) is 5.41 Å². The summed E-state index contributed by atoms with van der Waals surface area (Å²) in [5.74, 6) is 0.136. The second kappa shape index (κ2) is 4.12. The van der Waals surface area contributed by atoms with Gasteiger partial charge in [0.15, 0.2) is 0 Å². The van der Waals surface area contributed by atoms with Crippen LogP contribution >= 0.6 is 0 Å². The Hall–Kier alpha value is -1.57. The summed E-state index contributed by atoms with van der Waals surface area (Å²) in [4.78, 5) is 12.0. The van der Waals surface area contributed by atoms with Crippen molar-refractivity contribution in [3.05, 3.63) is 47.7 Å². The van der Waals surface area contributed by atoms with E-state index >= 15 is 0 Å². The smallest absolute Gasteiger partial charge is 0.230 e. The standard InChI is InChI=1S/C14H17NO/c1-11-8-9-14(2,13(16)15-11)10-12-6-4-3-5-7-12/h3-8H,9-10H2,1-2H3,(H,15,16)/t14-/m0/s1. The fourth-order valence-electron chi connectivity index (χ4n) is 2.05. The van der Waals surface area contributed by atoms with Crippen molar-refractivity contribution in [2.75, 3.05) is 0 Å². The van der Waals surface area contributed by atoms with Crippen LogP contribution in [-0.4, -0.2) is 5.91 Å². The lowest BCUT2D eigenvalue weighted by atomic mass is 9.78. The van der Waals surface area contributed by atoms with Gasteiger partial charge in [-0.15, -0.1) is 0 Å². The molecule has 0 spiro atoms. The fourth-order valence-corrected chi connectivity index (χ4v) is 2.05. The van der Waals surface area contributed by atoms with Crippen LogP contribution in [0.5, 0.6) is 0 Å². The number of rotatable bonds is 2. The molecule has 0 bridgehead atoms. The van der Waals surface area contributed by atoms with Gasteiger partial charge in [-0.3, -0.25) is 4.79 Å². The van der Waals surface area contributed by atoms with Crippen molar-refractivity contribution in [3.8, 4) is 0 Å². The molecule has 2 nitrogen and oxygen atoms in total. The Morgan fingerprint density at radius 1 is 1.31 bits per heavy atom. The maximum absolute atomic E-state index is 12.0. The molecule has 0 fully saturated rings. The first-order valence-electron chi connectivity index (χ1n) is 5.62. The number of allylic oxidation sites excluding steroid dienone is 2. The second-order valence-electron chi connectivity index (χ2n) is 4.77. The van der Waals surface area contributed by atoms with E-state index in [1.165, 1.54) is 5.56 Å². The van der Waals surface area contributed by atoms with Gasteiger partial charge in [0.25, 0.3) is 0 Å². The molecule has 1 aliphatic heterocycles. The molecule has 84 valence electrons. The summed E-state index contributed by atoms with van der Waals surface area (Å²) < 4.78 is 0. The van der Waals surface area contributed by atoms with Crippen molar-refractivity contribution in [2.45, 2.75) is 26.7 Å². The van der Waals surface area contributed by atoms with Crippen LogP contribution in [0.4, 0.5) is 0 Å². The molecule has 0 unspecified atom stereocenters. The van der Waals surface area contributed by atoms with Crippen molar-refractivity contribution in [3.63, 3.8) is 0 Å². The third-order valence-corrected chi connectivity index (χ3v) is 3.15. The van der Waals surface area contributed by atoms with E-state index in [2.05, 4.69) is 23.5 Å². The van der Waals surface area contributed by atoms with Gasteiger partial charge < -0.3 is 5.32 Å². The number of hydrogen-bond donors (Lipinski definition) is 1. The van der Waals surface area contributed by atoms with Crippen LogP contribution in [0.25, 0.3) is 0 Å². The zero-order chi connectivity index (χ0) is 11.6. The van der Waals surface area contributed by atoms with Gasteiger partial charge in [-0.25, -0.2) is 0 Å². The van der Waals surface area contributed by atoms with Crippen LogP contribution in [-0.2, 0) is 11.2 Å². The summed E-state index contributed by atoms with van der Waals surface area (Å²) in [6, 6.07) is 10.2. The number of carbonyl (C=O) groups excluding carboxylic acids is 1. The van der Waals surface area contributed by atoms with Crippen molar-refractivity contribution in [2.24, 2.45) is 5.41 Å². The van der Waals surface area contributed by atoms with Gasteiger partial charge in [-0.1, -0.05) is 43.3 Å². The first kappa shape index (κ1) is 10.9. The SMILES string of the molecule is CC1=CC[C@@](C)(Cc2ccccc2)C(=O)N1. The summed E-state index contributed by atoms with van der Waals surface area (Å²) in [6.45, 7) is 3.96. The molecule has 0 aromatic heterocycles. The minimum atomic E-state index is -0.305. The van der Waals surface area contributed by atoms with Crippen molar-refractivity contribution in [1.29, 1.82) is 0 Å². The van der Waals surface area contributed by atoms with E-state index in [0.29, 0.717) is 0 Å². The Labute approximate surface area is 96.4 Å². The largest absolute Gasteiger partial charge is 0.330 e. The molecule has 16 heavy (non-hydrogen) atoms. The second-order valence-corrected chi connectivity index (χ2v) is 4.77. The van der Waals surface area contributed by atoms with Crippen molar-refractivity contribution >= 4 is 5.91 Å². The van der Waals surface area contributed by atoms with Gasteiger partial charge in [-0.05, 0) is 25.3 Å². The van der Waals surface area contributed by atoms with Crippen LogP contribution in [0.2, 0.25) is 0 Å². The van der Waals surface area contributed by atoms with Gasteiger partial charge in [-0.2, -0.15) is 0 Å². The maximum atomic E-state index is 12.0. The molecule has 0 radical (unpaired) electrons. The molecule has 0 saturated carbocycles. The predicted octanol–water partition coefficient (Wildman–Crippen LogP) is 2.66. The highest BCUT2D eigenvalue weighted by molar-refractivity contribution is 5.85. The van der Waals surface area contributed by atoms with Crippen LogP contribution in [0, 0.1) is 5.41 Å². The van der Waals surface area contributed by atoms with Crippen molar-refractivity contribution < 1.29 is 4.79 Å². The van der Waals surface area contributed by atoms with E-state index in [1.54, 1.807) is 0 Å². The molecular formula is C14H17NO. The van der Waals surface area contributed by atoms with E-state index in [4.69, 9.17) is 0 Å². The topological polar surface area (TPSA) is 29.1 Å². The number of nitrogens with one attached hydrogen (secondary N) is 1. The Kier molecular flexibility index (Phi) is 2.82. The Morgan fingerprint density at radius 2 is 2.00 bits per heavy atom. The van der Waals surface area contributed by atoms with Gasteiger partial charge in [0, 0.05) is 5.70 Å². The highest BCUT2D eigenvalue weighted by atomic mass is 16.2. The fraction of sp³-hybridized carbons (Fsp3) is 0.357. The van der Waals surface area contributed by atoms with E-state index < -0.39 is 0 Å². The average molecular weight is 215 g/mol. The van der Waals surface area contributed by atoms with Crippen LogP contribution in [0.15, 0.2) is 42.1 Å². The predicted molar refractivity (Wildman–Crippen MR) is 64.8 cm³/mol. The summed E-state index contributed by atoms with van der Waals surface area (Å²) >= 11 is 0. The quantitative estimate of drug-likeness (QED) is 0.807. The summed E-state index contributed by atoms with van der Waals surface area (Å²) in [7, 11) is 0. The van der Waals surface area contributed by atoms with E-state index in [-0.39, 0.29) is 11.3 Å². The van der Waals surface area contributed by atoms with E-state index in [0.717, 1.165) is 18.5 Å². The Balaban J connectivity index is 2.18.